The summed E-state index contributed by atoms with van der Waals surface area (Å²) in [5.74, 6) is 0.711. The van der Waals surface area contributed by atoms with Gasteiger partial charge in [0.15, 0.2) is 0 Å². The maximum atomic E-state index is 11.2. The molecule has 1 atom stereocenters. The highest BCUT2D eigenvalue weighted by molar-refractivity contribution is 5.61. The summed E-state index contributed by atoms with van der Waals surface area (Å²) in [6.07, 6.45) is 3.12. The molecule has 112 valence electrons. The highest BCUT2D eigenvalue weighted by Crippen LogP contribution is 2.27. The second-order valence-corrected chi connectivity index (χ2v) is 4.80. The number of nitrogens with one attached hydrogen (secondary N) is 2. The van der Waals surface area contributed by atoms with E-state index in [-0.39, 0.29) is 11.7 Å². The Balaban J connectivity index is 3.03. The largest absolute Gasteiger partial charge is 0.362 e. The summed E-state index contributed by atoms with van der Waals surface area (Å²) in [6.45, 7) is 8.35. The number of aromatic nitrogens is 2. The molecular formula is C13H23N5O2. The molecule has 0 aromatic carbocycles. The van der Waals surface area contributed by atoms with Crippen LogP contribution in [0.15, 0.2) is 0 Å². The van der Waals surface area contributed by atoms with Gasteiger partial charge in [-0.25, -0.2) is 4.98 Å². The van der Waals surface area contributed by atoms with E-state index >= 15 is 0 Å². The second-order valence-electron chi connectivity index (χ2n) is 4.80. The van der Waals surface area contributed by atoms with Crippen LogP contribution in [0.5, 0.6) is 0 Å². The molecule has 1 heterocycles. The van der Waals surface area contributed by atoms with E-state index in [1.807, 2.05) is 13.8 Å². The molecule has 0 spiro atoms. The van der Waals surface area contributed by atoms with Crippen molar-refractivity contribution in [2.24, 2.45) is 0 Å². The standard InChI is InChI=1S/C13H23N5O2/c1-5-7-8-9(3)15-12-11(18(19)20)10(4)16-13(17-12)14-6-2/h9H,5-8H2,1-4H3,(H2,14,15,16,17). The molecule has 1 aromatic heterocycles. The van der Waals surface area contributed by atoms with Gasteiger partial charge in [-0.1, -0.05) is 19.8 Å². The van der Waals surface area contributed by atoms with Gasteiger partial charge in [-0.15, -0.1) is 0 Å². The van der Waals surface area contributed by atoms with Crippen molar-refractivity contribution in [3.63, 3.8) is 0 Å². The van der Waals surface area contributed by atoms with E-state index in [0.29, 0.717) is 24.0 Å². The van der Waals surface area contributed by atoms with Gasteiger partial charge in [-0.05, 0) is 27.2 Å². The molecule has 2 N–H and O–H groups in total. The van der Waals surface area contributed by atoms with Gasteiger partial charge in [-0.3, -0.25) is 10.1 Å². The minimum Gasteiger partial charge on any atom is -0.362 e. The molecular weight excluding hydrogens is 258 g/mol. The first kappa shape index (κ1) is 16.1. The van der Waals surface area contributed by atoms with E-state index < -0.39 is 4.92 Å². The van der Waals surface area contributed by atoms with Crippen molar-refractivity contribution in [1.29, 1.82) is 0 Å². The van der Waals surface area contributed by atoms with E-state index in [0.717, 1.165) is 19.3 Å². The van der Waals surface area contributed by atoms with E-state index in [4.69, 9.17) is 0 Å². The molecule has 0 amide bonds. The highest BCUT2D eigenvalue weighted by Gasteiger charge is 2.22. The number of unbranched alkanes of at least 4 members (excludes halogenated alkanes) is 1. The SMILES string of the molecule is CCCCC(C)Nc1nc(NCC)nc(C)c1[N+](=O)[O-]. The van der Waals surface area contributed by atoms with Crippen LogP contribution in [0.25, 0.3) is 0 Å². The van der Waals surface area contributed by atoms with Gasteiger partial charge >= 0.3 is 5.69 Å². The van der Waals surface area contributed by atoms with Crippen molar-refractivity contribution in [2.75, 3.05) is 17.2 Å². The van der Waals surface area contributed by atoms with Gasteiger partial charge in [0, 0.05) is 12.6 Å². The summed E-state index contributed by atoms with van der Waals surface area (Å²) in [4.78, 5) is 19.1. The number of anilines is 2. The molecule has 0 saturated heterocycles. The first-order valence-electron chi connectivity index (χ1n) is 7.03. The number of nitro groups is 1. The Morgan fingerprint density at radius 3 is 2.60 bits per heavy atom. The quantitative estimate of drug-likeness (QED) is 0.561. The van der Waals surface area contributed by atoms with Gasteiger partial charge in [0.2, 0.25) is 11.8 Å². The third kappa shape index (κ3) is 4.32. The van der Waals surface area contributed by atoms with E-state index in [9.17, 15) is 10.1 Å². The summed E-state index contributed by atoms with van der Waals surface area (Å²) in [5, 5.41) is 17.3. The van der Waals surface area contributed by atoms with Gasteiger partial charge < -0.3 is 10.6 Å². The average Bonchev–Trinajstić information content (AvgIpc) is 2.35. The molecule has 7 nitrogen and oxygen atoms in total. The molecule has 0 saturated carbocycles. The van der Waals surface area contributed by atoms with Crippen LogP contribution in [0.1, 0.15) is 45.7 Å². The Hall–Kier alpha value is -1.92. The summed E-state index contributed by atoms with van der Waals surface area (Å²) in [6, 6.07) is 0.137. The van der Waals surface area contributed by atoms with Crippen molar-refractivity contribution in [2.45, 2.75) is 53.0 Å². The molecule has 0 radical (unpaired) electrons. The topological polar surface area (TPSA) is 93.0 Å². The number of hydrogen-bond acceptors (Lipinski definition) is 6. The first-order valence-corrected chi connectivity index (χ1v) is 7.03. The molecule has 0 aliphatic heterocycles. The Morgan fingerprint density at radius 2 is 2.05 bits per heavy atom. The van der Waals surface area contributed by atoms with Gasteiger partial charge in [0.1, 0.15) is 5.69 Å². The van der Waals surface area contributed by atoms with E-state index in [1.165, 1.54) is 0 Å². The number of hydrogen-bond donors (Lipinski definition) is 2. The monoisotopic (exact) mass is 281 g/mol. The van der Waals surface area contributed by atoms with Crippen LogP contribution in [-0.2, 0) is 0 Å². The molecule has 0 aliphatic carbocycles. The lowest BCUT2D eigenvalue weighted by atomic mass is 10.1. The zero-order valence-electron chi connectivity index (χ0n) is 12.6. The molecule has 0 aliphatic rings. The van der Waals surface area contributed by atoms with Gasteiger partial charge in [-0.2, -0.15) is 4.98 Å². The smallest absolute Gasteiger partial charge is 0.332 e. The number of nitrogens with zero attached hydrogens (tertiary/aromatic N) is 3. The third-order valence-electron chi connectivity index (χ3n) is 2.95. The van der Waals surface area contributed by atoms with Crippen LogP contribution in [0.2, 0.25) is 0 Å². The van der Waals surface area contributed by atoms with Crippen molar-refractivity contribution >= 4 is 17.5 Å². The molecule has 1 rings (SSSR count). The lowest BCUT2D eigenvalue weighted by molar-refractivity contribution is -0.385. The van der Waals surface area contributed by atoms with Crippen LogP contribution in [0, 0.1) is 17.0 Å². The zero-order valence-corrected chi connectivity index (χ0v) is 12.6. The fourth-order valence-electron chi connectivity index (χ4n) is 1.94. The molecule has 0 bridgehead atoms. The Kier molecular flexibility index (Phi) is 6.14. The highest BCUT2D eigenvalue weighted by atomic mass is 16.6. The van der Waals surface area contributed by atoms with Gasteiger partial charge in [0.25, 0.3) is 0 Å². The third-order valence-corrected chi connectivity index (χ3v) is 2.95. The van der Waals surface area contributed by atoms with E-state index in [1.54, 1.807) is 6.92 Å². The fourth-order valence-corrected chi connectivity index (χ4v) is 1.94. The van der Waals surface area contributed by atoms with Gasteiger partial charge in [0.05, 0.1) is 4.92 Å². The predicted octanol–water partition coefficient (Wildman–Crippen LogP) is 3.12. The summed E-state index contributed by atoms with van der Waals surface area (Å²) in [5.41, 5.74) is 0.321. The van der Waals surface area contributed by atoms with Crippen LogP contribution >= 0.6 is 0 Å². The van der Waals surface area contributed by atoms with Crippen LogP contribution in [-0.4, -0.2) is 27.5 Å². The summed E-state index contributed by atoms with van der Waals surface area (Å²) >= 11 is 0. The van der Waals surface area contributed by atoms with Crippen molar-refractivity contribution in [3.8, 4) is 0 Å². The van der Waals surface area contributed by atoms with Crippen LogP contribution < -0.4 is 10.6 Å². The fraction of sp³-hybridized carbons (Fsp3) is 0.692. The number of rotatable bonds is 8. The van der Waals surface area contributed by atoms with Crippen molar-refractivity contribution in [3.05, 3.63) is 15.8 Å². The number of aryl methyl sites for hydroxylation is 1. The molecule has 0 fully saturated rings. The van der Waals surface area contributed by atoms with E-state index in [2.05, 4.69) is 27.5 Å². The average molecular weight is 281 g/mol. The van der Waals surface area contributed by atoms with Crippen molar-refractivity contribution < 1.29 is 4.92 Å². The molecule has 7 heteroatoms. The maximum absolute atomic E-state index is 11.2. The molecule has 1 unspecified atom stereocenters. The predicted molar refractivity (Wildman–Crippen MR) is 80.2 cm³/mol. The van der Waals surface area contributed by atoms with Crippen LogP contribution in [0.3, 0.4) is 0 Å². The zero-order chi connectivity index (χ0) is 15.1. The molecule has 1 aromatic rings. The normalized spacial score (nSPS) is 12.0. The van der Waals surface area contributed by atoms with Crippen molar-refractivity contribution in [1.82, 2.24) is 9.97 Å². The molecule has 20 heavy (non-hydrogen) atoms. The Labute approximate surface area is 119 Å². The second kappa shape index (κ2) is 7.62. The Morgan fingerprint density at radius 1 is 1.35 bits per heavy atom. The maximum Gasteiger partial charge on any atom is 0.332 e. The lowest BCUT2D eigenvalue weighted by Gasteiger charge is -2.15. The van der Waals surface area contributed by atoms with Crippen LogP contribution in [0.4, 0.5) is 17.5 Å². The summed E-state index contributed by atoms with van der Waals surface area (Å²) in [7, 11) is 0. The summed E-state index contributed by atoms with van der Waals surface area (Å²) < 4.78 is 0. The Bertz CT molecular complexity index is 464. The first-order chi connectivity index (χ1) is 9.49. The minimum absolute atomic E-state index is 0.0463. The minimum atomic E-state index is -0.431. The lowest BCUT2D eigenvalue weighted by Crippen LogP contribution is -2.18.